The Morgan fingerprint density at radius 3 is 1.09 bits per heavy atom. The molecule has 85 heavy (non-hydrogen) atoms. The fourth-order valence-electron chi connectivity index (χ4n) is 10.8. The van der Waals surface area contributed by atoms with E-state index < -0.39 is 26.6 Å². The van der Waals surface area contributed by atoms with Gasteiger partial charge in [0.05, 0.1) is 33.8 Å². The number of phosphoric acid groups is 1. The summed E-state index contributed by atoms with van der Waals surface area (Å²) in [7, 11) is 1.18. The molecular weight excluding hydrogens is 1070 g/mol. The van der Waals surface area contributed by atoms with Gasteiger partial charge >= 0.3 is 5.97 Å². The first-order chi connectivity index (χ1) is 41.4. The van der Waals surface area contributed by atoms with E-state index in [2.05, 4.69) is 74.7 Å². The van der Waals surface area contributed by atoms with Gasteiger partial charge in [0, 0.05) is 12.8 Å². The van der Waals surface area contributed by atoms with Gasteiger partial charge in [-0.1, -0.05) is 326 Å². The van der Waals surface area contributed by atoms with Crippen LogP contribution in [0.3, 0.4) is 0 Å². The molecule has 0 spiro atoms. The summed E-state index contributed by atoms with van der Waals surface area (Å²) in [5, 5.41) is 3.03. The van der Waals surface area contributed by atoms with Crippen LogP contribution in [0.2, 0.25) is 0 Å². The predicted molar refractivity (Wildman–Crippen MR) is 367 cm³/mol. The molecule has 9 nitrogen and oxygen atoms in total. The average Bonchev–Trinajstić information content (AvgIpc) is 3.57. The number of allylic oxidation sites excluding steroid dienone is 9. The number of esters is 1. The van der Waals surface area contributed by atoms with Crippen molar-refractivity contribution >= 4 is 19.7 Å². The van der Waals surface area contributed by atoms with Gasteiger partial charge in [-0.3, -0.25) is 14.2 Å². The standard InChI is InChI=1S/C75H141N2O7P/c1-7-10-13-16-19-22-25-27-29-31-33-35-36-37-38-39-40-42-44-46-48-50-53-56-59-62-65-68-75(79)84-73(66-63-60-57-54-51-24-21-18-15-12-9-3)72(71-83-85(80,81)82-70-69-77(4,5)6)76-74(78)67-64-61-58-55-52-49-47-45-43-41-34-32-30-28-26-23-20-17-14-11-8-2/h20,23,28,30,34,41,45,47,63,66,72-73H,7-19,21-22,24-27,29,31-33,35-40,42-44,46,48-62,64-65,67-71H2,1-6H3,(H-,76,78,80,81)/b23-20-,30-28-,41-34-,47-45-,66-63-. The van der Waals surface area contributed by atoms with Crippen LogP contribution in [0.1, 0.15) is 355 Å². The highest BCUT2D eigenvalue weighted by atomic mass is 31.2. The summed E-state index contributed by atoms with van der Waals surface area (Å²) < 4.78 is 30.4. The van der Waals surface area contributed by atoms with Gasteiger partial charge in [-0.05, 0) is 76.7 Å². The zero-order valence-corrected chi connectivity index (χ0v) is 58.0. The van der Waals surface area contributed by atoms with Gasteiger partial charge in [0.15, 0.2) is 0 Å². The number of quaternary nitrogens is 1. The number of unbranched alkanes of at least 4 members (excludes halogenated alkanes) is 43. The van der Waals surface area contributed by atoms with Crippen molar-refractivity contribution < 1.29 is 37.3 Å². The molecule has 3 atom stereocenters. The van der Waals surface area contributed by atoms with Crippen LogP contribution in [-0.4, -0.2) is 69.4 Å². The lowest BCUT2D eigenvalue weighted by molar-refractivity contribution is -0.870. The van der Waals surface area contributed by atoms with Crippen molar-refractivity contribution in [1.29, 1.82) is 0 Å². The van der Waals surface area contributed by atoms with Crippen LogP contribution in [-0.2, 0) is 27.9 Å². The van der Waals surface area contributed by atoms with Crippen molar-refractivity contribution in [3.8, 4) is 0 Å². The SMILES string of the molecule is CCCCC/C=C\C/C=C\C/C=C\C/C=C\CCCCCCCC(=O)NC(COP(=O)([O-])OCC[N+](C)(C)C)C(/C=C\CCCCCCCCCCC)OC(=O)CCCCCCCCCCCCCCCCCCCCCCCCCCCCC. The van der Waals surface area contributed by atoms with E-state index in [0.29, 0.717) is 17.4 Å². The molecule has 1 amide bonds. The summed E-state index contributed by atoms with van der Waals surface area (Å²) in [4.78, 5) is 40.2. The van der Waals surface area contributed by atoms with Crippen LogP contribution in [0.15, 0.2) is 60.8 Å². The molecule has 0 saturated heterocycles. The van der Waals surface area contributed by atoms with E-state index in [1.54, 1.807) is 0 Å². The smallest absolute Gasteiger partial charge is 0.306 e. The Morgan fingerprint density at radius 2 is 0.718 bits per heavy atom. The van der Waals surface area contributed by atoms with E-state index in [1.165, 1.54) is 225 Å². The highest BCUT2D eigenvalue weighted by molar-refractivity contribution is 7.45. The molecule has 0 bridgehead atoms. The first kappa shape index (κ1) is 82.7. The molecule has 0 rings (SSSR count). The molecule has 0 radical (unpaired) electrons. The van der Waals surface area contributed by atoms with Crippen LogP contribution >= 0.6 is 7.82 Å². The van der Waals surface area contributed by atoms with Gasteiger partial charge in [-0.25, -0.2) is 0 Å². The van der Waals surface area contributed by atoms with Crippen LogP contribution in [0, 0.1) is 0 Å². The Morgan fingerprint density at radius 1 is 0.412 bits per heavy atom. The number of hydrogen-bond acceptors (Lipinski definition) is 7. The van der Waals surface area contributed by atoms with E-state index in [-0.39, 0.29) is 24.9 Å². The number of carbonyl (C=O) groups excluding carboxylic acids is 2. The van der Waals surface area contributed by atoms with Crippen molar-refractivity contribution in [2.75, 3.05) is 40.9 Å². The van der Waals surface area contributed by atoms with Crippen LogP contribution in [0.25, 0.3) is 0 Å². The summed E-state index contributed by atoms with van der Waals surface area (Å²) in [6.45, 7) is 6.84. The van der Waals surface area contributed by atoms with E-state index in [4.69, 9.17) is 13.8 Å². The lowest BCUT2D eigenvalue weighted by atomic mass is 10.0. The summed E-state index contributed by atoms with van der Waals surface area (Å²) in [6, 6.07) is -0.899. The van der Waals surface area contributed by atoms with Gasteiger partial charge in [0.2, 0.25) is 5.91 Å². The zero-order valence-electron chi connectivity index (χ0n) is 57.1. The average molecular weight is 1210 g/mol. The predicted octanol–water partition coefficient (Wildman–Crippen LogP) is 22.7. The second-order valence-electron chi connectivity index (χ2n) is 26.1. The lowest BCUT2D eigenvalue weighted by Gasteiger charge is -2.30. The fourth-order valence-corrected chi connectivity index (χ4v) is 11.5. The number of carbonyl (C=O) groups is 2. The number of phosphoric ester groups is 1. The minimum Gasteiger partial charge on any atom is -0.756 e. The number of amides is 1. The molecule has 0 aliphatic heterocycles. The van der Waals surface area contributed by atoms with E-state index >= 15 is 0 Å². The quantitative estimate of drug-likeness (QED) is 0.0212. The van der Waals surface area contributed by atoms with Crippen LogP contribution in [0.5, 0.6) is 0 Å². The number of rotatable bonds is 67. The van der Waals surface area contributed by atoms with E-state index in [1.807, 2.05) is 33.3 Å². The van der Waals surface area contributed by atoms with E-state index in [9.17, 15) is 19.0 Å². The number of nitrogens with one attached hydrogen (secondary N) is 1. The fraction of sp³-hybridized carbons (Fsp3) is 0.840. The highest BCUT2D eigenvalue weighted by Gasteiger charge is 2.27. The first-order valence-electron chi connectivity index (χ1n) is 36.6. The number of likely N-dealkylation sites (N-methyl/N-ethyl adjacent to an activating group) is 1. The van der Waals surface area contributed by atoms with Crippen molar-refractivity contribution in [1.82, 2.24) is 5.32 Å². The van der Waals surface area contributed by atoms with Gasteiger partial charge in [-0.2, -0.15) is 0 Å². The topological polar surface area (TPSA) is 114 Å². The summed E-state index contributed by atoms with van der Waals surface area (Å²) in [5.41, 5.74) is 0. The maximum atomic E-state index is 13.6. The molecule has 0 heterocycles. The molecule has 0 aliphatic rings. The summed E-state index contributed by atoms with van der Waals surface area (Å²) >= 11 is 0. The maximum Gasteiger partial charge on any atom is 0.306 e. The van der Waals surface area contributed by atoms with E-state index in [0.717, 1.165) is 96.3 Å². The molecule has 0 aromatic heterocycles. The van der Waals surface area contributed by atoms with Crippen LogP contribution < -0.4 is 10.2 Å². The Bertz CT molecular complexity index is 1640. The van der Waals surface area contributed by atoms with Crippen molar-refractivity contribution in [3.63, 3.8) is 0 Å². The molecule has 0 saturated carbocycles. The Hall–Kier alpha value is -2.29. The molecule has 0 fully saturated rings. The summed E-state index contributed by atoms with van der Waals surface area (Å²) in [6.07, 6.45) is 83.6. The van der Waals surface area contributed by atoms with Crippen molar-refractivity contribution in [2.45, 2.75) is 367 Å². The molecule has 0 aromatic carbocycles. The maximum absolute atomic E-state index is 13.6. The Kier molecular flexibility index (Phi) is 62.9. The second kappa shape index (κ2) is 64.7. The largest absolute Gasteiger partial charge is 0.756 e. The normalized spacial score (nSPS) is 13.8. The Labute approximate surface area is 528 Å². The third-order valence-electron chi connectivity index (χ3n) is 16.5. The first-order valence-corrected chi connectivity index (χ1v) is 38.1. The molecule has 10 heteroatoms. The zero-order chi connectivity index (χ0) is 62.1. The Balaban J connectivity index is 4.98. The monoisotopic (exact) mass is 1210 g/mol. The van der Waals surface area contributed by atoms with Gasteiger partial charge in [0.1, 0.15) is 19.3 Å². The number of nitrogens with zero attached hydrogens (tertiary/aromatic N) is 1. The molecule has 0 aliphatic carbocycles. The van der Waals surface area contributed by atoms with Gasteiger partial charge in [0.25, 0.3) is 7.82 Å². The van der Waals surface area contributed by atoms with Crippen molar-refractivity contribution in [3.05, 3.63) is 60.8 Å². The molecule has 3 unspecified atom stereocenters. The third kappa shape index (κ3) is 66.0. The minimum atomic E-state index is -4.71. The highest BCUT2D eigenvalue weighted by Crippen LogP contribution is 2.38. The molecule has 1 N–H and O–H groups in total. The van der Waals surface area contributed by atoms with Gasteiger partial charge in [-0.15, -0.1) is 0 Å². The third-order valence-corrected chi connectivity index (χ3v) is 17.4. The van der Waals surface area contributed by atoms with Gasteiger partial charge < -0.3 is 28.5 Å². The molecule has 0 aromatic rings. The molecule has 498 valence electrons. The van der Waals surface area contributed by atoms with Crippen LogP contribution in [0.4, 0.5) is 0 Å². The second-order valence-corrected chi connectivity index (χ2v) is 27.5. The molecular formula is C75H141N2O7P. The minimum absolute atomic E-state index is 0.0262. The van der Waals surface area contributed by atoms with Crippen molar-refractivity contribution in [2.24, 2.45) is 0 Å². The summed E-state index contributed by atoms with van der Waals surface area (Å²) in [5.74, 6) is -0.549. The number of ether oxygens (including phenoxy) is 1. The number of hydrogen-bond donors (Lipinski definition) is 1. The lowest BCUT2D eigenvalue weighted by Crippen LogP contribution is -2.47.